The van der Waals surface area contributed by atoms with Gasteiger partial charge in [0.05, 0.1) is 4.90 Å². The smallest absolute Gasteiger partial charge is 0.319 e. The first-order valence-electron chi connectivity index (χ1n) is 4.54. The number of halogens is 1. The lowest BCUT2D eigenvalue weighted by atomic mass is 10.2. The monoisotopic (exact) mass is 260 g/mol. The summed E-state index contributed by atoms with van der Waals surface area (Å²) < 4.78 is 22.2. The molecule has 2 amide bonds. The third-order valence-corrected chi connectivity index (χ3v) is 3.85. The Balaban J connectivity index is 2.48. The Morgan fingerprint density at radius 1 is 1.44 bits per heavy atom. The molecule has 1 aliphatic rings. The fourth-order valence-corrected chi connectivity index (χ4v) is 2.56. The molecule has 1 aliphatic heterocycles. The van der Waals surface area contributed by atoms with Gasteiger partial charge in [-0.2, -0.15) is 0 Å². The molecule has 0 unspecified atom stereocenters. The van der Waals surface area contributed by atoms with E-state index >= 15 is 0 Å². The Bertz CT molecular complexity index is 556. The standard InChI is InChI=1S/C9H9ClN2O3S/c10-16(14,15)7-1-2-8-6(5-7)3-4-12(8)9(11)13/h1-2,5H,3-4H2,(H2,11,13). The van der Waals surface area contributed by atoms with E-state index in [1.54, 1.807) is 6.07 Å². The molecule has 0 saturated heterocycles. The van der Waals surface area contributed by atoms with Crippen LogP contribution in [0.5, 0.6) is 0 Å². The van der Waals surface area contributed by atoms with Gasteiger partial charge >= 0.3 is 6.03 Å². The maximum atomic E-state index is 11.1. The van der Waals surface area contributed by atoms with Crippen molar-refractivity contribution in [2.24, 2.45) is 5.73 Å². The molecule has 1 aromatic rings. The van der Waals surface area contributed by atoms with Crippen molar-refractivity contribution in [1.82, 2.24) is 0 Å². The summed E-state index contributed by atoms with van der Waals surface area (Å²) in [6.07, 6.45) is 0.582. The highest BCUT2D eigenvalue weighted by Crippen LogP contribution is 2.30. The van der Waals surface area contributed by atoms with Gasteiger partial charge in [0.25, 0.3) is 9.05 Å². The Morgan fingerprint density at radius 2 is 2.12 bits per heavy atom. The number of urea groups is 1. The Hall–Kier alpha value is -1.27. The summed E-state index contributed by atoms with van der Waals surface area (Å²) in [4.78, 5) is 12.5. The predicted molar refractivity (Wildman–Crippen MR) is 60.1 cm³/mol. The second-order valence-corrected chi connectivity index (χ2v) is 6.03. The van der Waals surface area contributed by atoms with E-state index in [9.17, 15) is 13.2 Å². The van der Waals surface area contributed by atoms with Gasteiger partial charge in [0.15, 0.2) is 0 Å². The van der Waals surface area contributed by atoms with Gasteiger partial charge in [-0.05, 0) is 30.2 Å². The van der Waals surface area contributed by atoms with Gasteiger partial charge < -0.3 is 5.73 Å². The Morgan fingerprint density at radius 3 is 2.69 bits per heavy atom. The van der Waals surface area contributed by atoms with Crippen LogP contribution < -0.4 is 10.6 Å². The SMILES string of the molecule is NC(=O)N1CCc2cc(S(=O)(=O)Cl)ccc21. The summed E-state index contributed by atoms with van der Waals surface area (Å²) in [7, 11) is 1.50. The highest BCUT2D eigenvalue weighted by molar-refractivity contribution is 8.13. The molecule has 1 aromatic carbocycles. The van der Waals surface area contributed by atoms with Crippen molar-refractivity contribution < 1.29 is 13.2 Å². The van der Waals surface area contributed by atoms with E-state index in [0.29, 0.717) is 18.7 Å². The molecule has 0 radical (unpaired) electrons. The zero-order valence-electron chi connectivity index (χ0n) is 8.18. The summed E-state index contributed by atoms with van der Waals surface area (Å²) >= 11 is 0. The van der Waals surface area contributed by atoms with Gasteiger partial charge in [0, 0.05) is 22.9 Å². The molecule has 86 valence electrons. The van der Waals surface area contributed by atoms with E-state index in [4.69, 9.17) is 16.4 Å². The number of amides is 2. The van der Waals surface area contributed by atoms with Crippen LogP contribution in [-0.4, -0.2) is 21.0 Å². The van der Waals surface area contributed by atoms with Crippen molar-refractivity contribution in [2.75, 3.05) is 11.4 Å². The van der Waals surface area contributed by atoms with Crippen LogP contribution in [0.4, 0.5) is 10.5 Å². The highest BCUT2D eigenvalue weighted by Gasteiger charge is 2.24. The second kappa shape index (κ2) is 3.64. The molecule has 2 N–H and O–H groups in total. The molecule has 0 saturated carbocycles. The van der Waals surface area contributed by atoms with Crippen LogP contribution in [0.3, 0.4) is 0 Å². The molecule has 0 aromatic heterocycles. The first-order chi connectivity index (χ1) is 7.39. The largest absolute Gasteiger partial charge is 0.351 e. The topological polar surface area (TPSA) is 80.5 Å². The molecule has 16 heavy (non-hydrogen) atoms. The van der Waals surface area contributed by atoms with Crippen LogP contribution in [0.15, 0.2) is 23.1 Å². The molecule has 0 spiro atoms. The van der Waals surface area contributed by atoms with E-state index in [2.05, 4.69) is 0 Å². The number of hydrogen-bond acceptors (Lipinski definition) is 3. The van der Waals surface area contributed by atoms with Gasteiger partial charge in [-0.25, -0.2) is 13.2 Å². The molecule has 1 heterocycles. The fraction of sp³-hybridized carbons (Fsp3) is 0.222. The molecular formula is C9H9ClN2O3S. The fourth-order valence-electron chi connectivity index (χ4n) is 1.76. The second-order valence-electron chi connectivity index (χ2n) is 3.47. The minimum atomic E-state index is -3.72. The third-order valence-electron chi connectivity index (χ3n) is 2.49. The summed E-state index contributed by atoms with van der Waals surface area (Å²) in [5, 5.41) is 0. The zero-order valence-corrected chi connectivity index (χ0v) is 9.75. The minimum absolute atomic E-state index is 0.0410. The van der Waals surface area contributed by atoms with Crippen LogP contribution in [0.25, 0.3) is 0 Å². The average molecular weight is 261 g/mol. The lowest BCUT2D eigenvalue weighted by Crippen LogP contribution is -2.33. The normalized spacial score (nSPS) is 14.9. The number of primary amides is 1. The number of rotatable bonds is 1. The van der Waals surface area contributed by atoms with E-state index in [1.807, 2.05) is 0 Å². The van der Waals surface area contributed by atoms with Crippen LogP contribution in [0.2, 0.25) is 0 Å². The van der Waals surface area contributed by atoms with Crippen molar-refractivity contribution in [1.29, 1.82) is 0 Å². The summed E-state index contributed by atoms with van der Waals surface area (Å²) in [5.41, 5.74) is 6.59. The third kappa shape index (κ3) is 1.85. The zero-order chi connectivity index (χ0) is 11.9. The van der Waals surface area contributed by atoms with E-state index in [1.165, 1.54) is 17.0 Å². The van der Waals surface area contributed by atoms with Crippen LogP contribution in [0.1, 0.15) is 5.56 Å². The van der Waals surface area contributed by atoms with Crippen LogP contribution in [-0.2, 0) is 15.5 Å². The molecule has 2 rings (SSSR count). The van der Waals surface area contributed by atoms with Gasteiger partial charge in [0.1, 0.15) is 0 Å². The van der Waals surface area contributed by atoms with Gasteiger partial charge in [-0.3, -0.25) is 4.90 Å². The van der Waals surface area contributed by atoms with Crippen molar-refractivity contribution in [3.8, 4) is 0 Å². The molecule has 5 nitrogen and oxygen atoms in total. The highest BCUT2D eigenvalue weighted by atomic mass is 35.7. The summed E-state index contributed by atoms with van der Waals surface area (Å²) in [6.45, 7) is 0.469. The van der Waals surface area contributed by atoms with Gasteiger partial charge in [-0.1, -0.05) is 0 Å². The predicted octanol–water partition coefficient (Wildman–Crippen LogP) is 1.06. The van der Waals surface area contributed by atoms with Crippen molar-refractivity contribution in [3.05, 3.63) is 23.8 Å². The molecular weight excluding hydrogens is 252 g/mol. The number of anilines is 1. The van der Waals surface area contributed by atoms with E-state index < -0.39 is 15.1 Å². The van der Waals surface area contributed by atoms with Crippen molar-refractivity contribution >= 4 is 31.5 Å². The number of nitrogens with two attached hydrogens (primary N) is 1. The maximum Gasteiger partial charge on any atom is 0.319 e. The Labute approximate surface area is 97.2 Å². The maximum absolute atomic E-state index is 11.1. The quantitative estimate of drug-likeness (QED) is 0.767. The van der Waals surface area contributed by atoms with E-state index in [-0.39, 0.29) is 4.90 Å². The summed E-state index contributed by atoms with van der Waals surface area (Å²) in [6, 6.07) is 3.84. The minimum Gasteiger partial charge on any atom is -0.351 e. The first kappa shape index (κ1) is 11.2. The average Bonchev–Trinajstić information content (AvgIpc) is 2.58. The number of carbonyl (C=O) groups is 1. The van der Waals surface area contributed by atoms with Gasteiger partial charge in [0.2, 0.25) is 0 Å². The van der Waals surface area contributed by atoms with Crippen molar-refractivity contribution in [2.45, 2.75) is 11.3 Å². The number of benzene rings is 1. The summed E-state index contributed by atoms with van der Waals surface area (Å²) in [5.74, 6) is 0. The van der Waals surface area contributed by atoms with Crippen LogP contribution in [0, 0.1) is 0 Å². The first-order valence-corrected chi connectivity index (χ1v) is 6.85. The number of hydrogen-bond donors (Lipinski definition) is 1. The number of carbonyl (C=O) groups excluding carboxylic acids is 1. The van der Waals surface area contributed by atoms with Crippen LogP contribution >= 0.6 is 10.7 Å². The van der Waals surface area contributed by atoms with E-state index in [0.717, 1.165) is 5.56 Å². The molecule has 0 fully saturated rings. The van der Waals surface area contributed by atoms with Gasteiger partial charge in [-0.15, -0.1) is 0 Å². The number of fused-ring (bicyclic) bond motifs is 1. The lowest BCUT2D eigenvalue weighted by Gasteiger charge is -2.13. The molecule has 0 aliphatic carbocycles. The molecule has 0 atom stereocenters. The number of nitrogens with zero attached hydrogens (tertiary/aromatic N) is 1. The molecule has 0 bridgehead atoms. The van der Waals surface area contributed by atoms with Crippen molar-refractivity contribution in [3.63, 3.8) is 0 Å². The molecule has 7 heteroatoms. The lowest BCUT2D eigenvalue weighted by molar-refractivity contribution is 0.254. The Kier molecular flexibility index (Phi) is 2.55.